The third-order valence-corrected chi connectivity index (χ3v) is 5.08. The number of carbonyl (C=O) groups is 2. The Hall–Kier alpha value is -3.42. The van der Waals surface area contributed by atoms with Gasteiger partial charge in [-0.25, -0.2) is 0 Å². The van der Waals surface area contributed by atoms with E-state index >= 15 is 0 Å². The number of morpholine rings is 1. The Morgan fingerprint density at radius 1 is 1.07 bits per heavy atom. The van der Waals surface area contributed by atoms with Gasteiger partial charge in [-0.2, -0.15) is 0 Å². The summed E-state index contributed by atoms with van der Waals surface area (Å²) < 4.78 is 10.9. The molecule has 1 aromatic heterocycles. The van der Waals surface area contributed by atoms with Gasteiger partial charge in [-0.05, 0) is 35.4 Å². The van der Waals surface area contributed by atoms with Crippen LogP contribution in [0.3, 0.4) is 0 Å². The minimum Gasteiger partial charge on any atom is -0.459 e. The lowest BCUT2D eigenvalue weighted by atomic mass is 9.98. The molecule has 0 spiro atoms. The Bertz CT molecular complexity index is 986. The topological polar surface area (TPSA) is 92.0 Å². The monoisotopic (exact) mass is 406 g/mol. The number of hydrogen-bond acceptors (Lipinski definition) is 5. The summed E-state index contributed by atoms with van der Waals surface area (Å²) in [5.41, 5.74) is 2.41. The van der Waals surface area contributed by atoms with Crippen LogP contribution in [0.2, 0.25) is 0 Å². The second kappa shape index (κ2) is 8.94. The van der Waals surface area contributed by atoms with Crippen LogP contribution < -0.4 is 5.32 Å². The lowest BCUT2D eigenvalue weighted by molar-refractivity contribution is -0.162. The molecule has 0 aliphatic carbocycles. The first kappa shape index (κ1) is 19.9. The maximum atomic E-state index is 12.5. The normalized spacial score (nSPS) is 19.0. The minimum atomic E-state index is -0.505. The molecule has 2 unspecified atom stereocenters. The molecule has 0 bridgehead atoms. The number of anilines is 1. The summed E-state index contributed by atoms with van der Waals surface area (Å²) in [5, 5.41) is 12.8. The molecule has 7 nitrogen and oxygen atoms in total. The zero-order valence-electron chi connectivity index (χ0n) is 16.2. The number of hydrogen-bond donors (Lipinski definition) is 2. The van der Waals surface area contributed by atoms with Crippen molar-refractivity contribution in [3.63, 3.8) is 0 Å². The Balaban J connectivity index is 1.49. The van der Waals surface area contributed by atoms with Gasteiger partial charge in [0.2, 0.25) is 5.91 Å². The molecule has 154 valence electrons. The van der Waals surface area contributed by atoms with E-state index < -0.39 is 12.1 Å². The van der Waals surface area contributed by atoms with Crippen LogP contribution in [-0.2, 0) is 16.1 Å². The quantitative estimate of drug-likeness (QED) is 0.657. The number of rotatable bonds is 6. The first-order valence-corrected chi connectivity index (χ1v) is 9.66. The van der Waals surface area contributed by atoms with Crippen LogP contribution in [0, 0.1) is 0 Å². The molecule has 3 aromatic rings. The number of amides is 2. The van der Waals surface area contributed by atoms with Gasteiger partial charge in [-0.3, -0.25) is 9.59 Å². The first-order valence-electron chi connectivity index (χ1n) is 9.66. The Kier molecular flexibility index (Phi) is 5.92. The Labute approximate surface area is 173 Å². The average Bonchev–Trinajstić information content (AvgIpc) is 3.32. The predicted molar refractivity (Wildman–Crippen MR) is 110 cm³/mol. The minimum absolute atomic E-state index is 0.0506. The highest BCUT2D eigenvalue weighted by atomic mass is 16.5. The lowest BCUT2D eigenvalue weighted by Gasteiger charge is -2.40. The number of nitrogens with zero attached hydrogens (tertiary/aromatic N) is 1. The van der Waals surface area contributed by atoms with E-state index in [9.17, 15) is 14.7 Å². The molecule has 4 rings (SSSR count). The number of benzene rings is 2. The molecule has 0 radical (unpaired) electrons. The van der Waals surface area contributed by atoms with Crippen molar-refractivity contribution < 1.29 is 23.8 Å². The number of carbonyl (C=O) groups excluding carboxylic acids is 2. The van der Waals surface area contributed by atoms with E-state index in [1.165, 1.54) is 6.26 Å². The summed E-state index contributed by atoms with van der Waals surface area (Å²) >= 11 is 0. The molecule has 7 heteroatoms. The highest BCUT2D eigenvalue weighted by Crippen LogP contribution is 2.31. The summed E-state index contributed by atoms with van der Waals surface area (Å²) in [7, 11) is 0. The van der Waals surface area contributed by atoms with Crippen molar-refractivity contribution >= 4 is 17.5 Å². The van der Waals surface area contributed by atoms with Crippen molar-refractivity contribution in [3.8, 4) is 0 Å². The third kappa shape index (κ3) is 4.27. The zero-order valence-corrected chi connectivity index (χ0v) is 16.2. The molecule has 1 fully saturated rings. The van der Waals surface area contributed by atoms with E-state index in [0.29, 0.717) is 12.2 Å². The molecule has 2 N–H and O–H groups in total. The van der Waals surface area contributed by atoms with Gasteiger partial charge < -0.3 is 24.5 Å². The lowest BCUT2D eigenvalue weighted by Crippen LogP contribution is -2.52. The van der Waals surface area contributed by atoms with Crippen LogP contribution in [0.25, 0.3) is 0 Å². The third-order valence-electron chi connectivity index (χ3n) is 5.08. The summed E-state index contributed by atoms with van der Waals surface area (Å²) in [5.74, 6) is -0.267. The summed E-state index contributed by atoms with van der Waals surface area (Å²) in [4.78, 5) is 26.2. The molecule has 2 aromatic carbocycles. The maximum Gasteiger partial charge on any atom is 0.291 e. The Morgan fingerprint density at radius 3 is 2.50 bits per heavy atom. The van der Waals surface area contributed by atoms with Gasteiger partial charge in [-0.15, -0.1) is 0 Å². The fourth-order valence-corrected chi connectivity index (χ4v) is 3.56. The van der Waals surface area contributed by atoms with E-state index in [1.807, 2.05) is 42.5 Å². The molecule has 1 aliphatic rings. The fourth-order valence-electron chi connectivity index (χ4n) is 3.56. The largest absolute Gasteiger partial charge is 0.459 e. The first-order chi connectivity index (χ1) is 14.7. The number of ether oxygens (including phenoxy) is 1. The highest BCUT2D eigenvalue weighted by Gasteiger charge is 2.37. The molecular weight excluding hydrogens is 384 g/mol. The van der Waals surface area contributed by atoms with Gasteiger partial charge in [0, 0.05) is 12.2 Å². The van der Waals surface area contributed by atoms with Crippen molar-refractivity contribution in [2.75, 3.05) is 18.5 Å². The number of aliphatic hydroxyl groups excluding tert-OH is 1. The smallest absolute Gasteiger partial charge is 0.291 e. The van der Waals surface area contributed by atoms with Crippen LogP contribution in [-0.4, -0.2) is 41.1 Å². The van der Waals surface area contributed by atoms with Crippen molar-refractivity contribution in [3.05, 3.63) is 89.9 Å². The van der Waals surface area contributed by atoms with Crippen LogP contribution >= 0.6 is 0 Å². The van der Waals surface area contributed by atoms with Crippen LogP contribution in [0.15, 0.2) is 77.4 Å². The van der Waals surface area contributed by atoms with Gasteiger partial charge in [0.05, 0.1) is 18.9 Å². The van der Waals surface area contributed by atoms with Gasteiger partial charge in [0.25, 0.3) is 5.91 Å². The Morgan fingerprint density at radius 2 is 1.83 bits per heavy atom. The molecule has 1 aliphatic heterocycles. The van der Waals surface area contributed by atoms with Gasteiger partial charge >= 0.3 is 0 Å². The SMILES string of the molecule is O=C(Nc1ccc(C2OCC(=O)N(Cc3ccccc3)C2CO)cc1)c1ccco1. The average molecular weight is 406 g/mol. The number of furan rings is 1. The molecule has 2 amide bonds. The summed E-state index contributed by atoms with van der Waals surface area (Å²) in [6.07, 6.45) is 0.974. The van der Waals surface area contributed by atoms with Crippen molar-refractivity contribution in [1.29, 1.82) is 0 Å². The summed E-state index contributed by atoms with van der Waals surface area (Å²) in [6.45, 7) is 0.132. The molecular formula is C23H22N2O5. The molecule has 30 heavy (non-hydrogen) atoms. The van der Waals surface area contributed by atoms with E-state index in [2.05, 4.69) is 5.32 Å². The predicted octanol–water partition coefficient (Wildman–Crippen LogP) is 2.99. The zero-order chi connectivity index (χ0) is 20.9. The van der Waals surface area contributed by atoms with Crippen molar-refractivity contribution in [1.82, 2.24) is 4.90 Å². The fraction of sp³-hybridized carbons (Fsp3) is 0.217. The van der Waals surface area contributed by atoms with Crippen LogP contribution in [0.5, 0.6) is 0 Å². The van der Waals surface area contributed by atoms with E-state index in [1.54, 1.807) is 29.2 Å². The number of nitrogens with one attached hydrogen (secondary N) is 1. The molecule has 1 saturated heterocycles. The second-order valence-electron chi connectivity index (χ2n) is 7.04. The highest BCUT2D eigenvalue weighted by molar-refractivity contribution is 6.02. The number of aliphatic hydroxyl groups is 1. The van der Waals surface area contributed by atoms with Gasteiger partial charge in [-0.1, -0.05) is 42.5 Å². The molecule has 0 saturated carbocycles. The van der Waals surface area contributed by atoms with Crippen LogP contribution in [0.1, 0.15) is 27.8 Å². The maximum absolute atomic E-state index is 12.5. The van der Waals surface area contributed by atoms with Crippen molar-refractivity contribution in [2.24, 2.45) is 0 Å². The van der Waals surface area contributed by atoms with Crippen molar-refractivity contribution in [2.45, 2.75) is 18.7 Å². The van der Waals surface area contributed by atoms with E-state index in [0.717, 1.165) is 11.1 Å². The van der Waals surface area contributed by atoms with Gasteiger partial charge in [0.15, 0.2) is 5.76 Å². The molecule has 2 atom stereocenters. The van der Waals surface area contributed by atoms with E-state index in [-0.39, 0.29) is 30.8 Å². The van der Waals surface area contributed by atoms with Crippen LogP contribution in [0.4, 0.5) is 5.69 Å². The van der Waals surface area contributed by atoms with Gasteiger partial charge in [0.1, 0.15) is 12.7 Å². The molecule has 2 heterocycles. The second-order valence-corrected chi connectivity index (χ2v) is 7.04. The summed E-state index contributed by atoms with van der Waals surface area (Å²) in [6, 6.07) is 19.5. The standard InChI is InChI=1S/C23H22N2O5/c26-14-19-22(30-15-21(27)25(19)13-16-5-2-1-3-6-16)17-8-10-18(11-9-17)24-23(28)20-7-4-12-29-20/h1-12,19,22,26H,13-15H2,(H,24,28). The van der Waals surface area contributed by atoms with E-state index in [4.69, 9.17) is 9.15 Å².